The zero-order valence-electron chi connectivity index (χ0n) is 18.1. The molecule has 4 aliphatic carbocycles. The highest BCUT2D eigenvalue weighted by Crippen LogP contribution is 2.71. The number of ether oxygens (including phenoxy) is 2. The van der Waals surface area contributed by atoms with Crippen molar-refractivity contribution in [3.8, 4) is 0 Å². The third-order valence-electron chi connectivity index (χ3n) is 11.2. The van der Waals surface area contributed by atoms with Gasteiger partial charge in [0, 0.05) is 18.3 Å². The fourth-order valence-electron chi connectivity index (χ4n) is 9.60. The van der Waals surface area contributed by atoms with E-state index in [2.05, 4.69) is 13.8 Å². The van der Waals surface area contributed by atoms with Gasteiger partial charge in [0.15, 0.2) is 0 Å². The third-order valence-corrected chi connectivity index (χ3v) is 11.2. The van der Waals surface area contributed by atoms with E-state index in [0.29, 0.717) is 30.1 Å². The Morgan fingerprint density at radius 1 is 0.759 bits per heavy atom. The molecule has 6 rings (SSSR count). The van der Waals surface area contributed by atoms with Crippen LogP contribution in [0.2, 0.25) is 0 Å². The van der Waals surface area contributed by atoms with Gasteiger partial charge in [0.25, 0.3) is 0 Å². The molecule has 0 N–H and O–H groups in total. The van der Waals surface area contributed by atoms with Gasteiger partial charge >= 0.3 is 11.9 Å². The average Bonchev–Trinajstić information content (AvgIpc) is 3.33. The van der Waals surface area contributed by atoms with Crippen molar-refractivity contribution in [2.24, 2.45) is 34.5 Å². The van der Waals surface area contributed by atoms with Crippen LogP contribution in [0.4, 0.5) is 0 Å². The number of fused-ring (bicyclic) bond motifs is 6. The minimum Gasteiger partial charge on any atom is -0.459 e. The molecule has 0 aromatic rings. The van der Waals surface area contributed by atoms with E-state index in [9.17, 15) is 9.59 Å². The van der Waals surface area contributed by atoms with Crippen molar-refractivity contribution in [3.63, 3.8) is 0 Å². The summed E-state index contributed by atoms with van der Waals surface area (Å²) in [6.07, 6.45) is 14.0. The highest BCUT2D eigenvalue weighted by Gasteiger charge is 2.68. The van der Waals surface area contributed by atoms with Crippen molar-refractivity contribution in [2.45, 2.75) is 109 Å². The lowest BCUT2D eigenvalue weighted by molar-refractivity contribution is -0.184. The lowest BCUT2D eigenvalue weighted by Gasteiger charge is -2.62. The first-order valence-corrected chi connectivity index (χ1v) is 12.2. The maximum Gasteiger partial charge on any atom is 0.306 e. The van der Waals surface area contributed by atoms with Gasteiger partial charge in [-0.25, -0.2) is 0 Å². The van der Waals surface area contributed by atoms with E-state index in [1.165, 1.54) is 38.5 Å². The molecule has 4 saturated carbocycles. The molecule has 0 aromatic carbocycles. The smallest absolute Gasteiger partial charge is 0.306 e. The highest BCUT2D eigenvalue weighted by molar-refractivity contribution is 5.73. The van der Waals surface area contributed by atoms with Crippen molar-refractivity contribution in [1.82, 2.24) is 0 Å². The van der Waals surface area contributed by atoms with Crippen molar-refractivity contribution < 1.29 is 19.1 Å². The molecule has 2 aliphatic heterocycles. The van der Waals surface area contributed by atoms with Crippen LogP contribution < -0.4 is 0 Å². The van der Waals surface area contributed by atoms with Crippen LogP contribution in [-0.2, 0) is 19.1 Å². The van der Waals surface area contributed by atoms with Crippen LogP contribution in [0.15, 0.2) is 0 Å². The number of carbonyl (C=O) groups excluding carboxylic acids is 2. The van der Waals surface area contributed by atoms with Gasteiger partial charge in [0.2, 0.25) is 0 Å². The monoisotopic (exact) mass is 400 g/mol. The number of hydrogen-bond acceptors (Lipinski definition) is 4. The SMILES string of the molecule is C[C@]12CC[C@@]3(CCC(=O)O3)CC1CC[C@@H]1[C@@H]2CC[C@@]2(C)[C@H]1CC[C@@]21CCC(=O)O1. The van der Waals surface area contributed by atoms with Gasteiger partial charge in [-0.1, -0.05) is 13.8 Å². The van der Waals surface area contributed by atoms with E-state index in [4.69, 9.17) is 9.47 Å². The van der Waals surface area contributed by atoms with Crippen LogP contribution in [0.25, 0.3) is 0 Å². The summed E-state index contributed by atoms with van der Waals surface area (Å²) in [5, 5.41) is 0. The Labute approximate surface area is 174 Å². The summed E-state index contributed by atoms with van der Waals surface area (Å²) in [5.74, 6) is 3.05. The zero-order valence-corrected chi connectivity index (χ0v) is 18.1. The summed E-state index contributed by atoms with van der Waals surface area (Å²) in [7, 11) is 0. The molecule has 160 valence electrons. The van der Waals surface area contributed by atoms with Crippen LogP contribution >= 0.6 is 0 Å². The molecule has 4 nitrogen and oxygen atoms in total. The molecule has 1 unspecified atom stereocenters. The van der Waals surface area contributed by atoms with Gasteiger partial charge < -0.3 is 9.47 Å². The maximum absolute atomic E-state index is 12.0. The van der Waals surface area contributed by atoms with Gasteiger partial charge in [-0.15, -0.1) is 0 Å². The molecule has 6 fully saturated rings. The van der Waals surface area contributed by atoms with Gasteiger partial charge in [0.1, 0.15) is 11.2 Å². The fraction of sp³-hybridized carbons (Fsp3) is 0.920. The van der Waals surface area contributed by atoms with E-state index < -0.39 is 0 Å². The minimum atomic E-state index is -0.161. The predicted molar refractivity (Wildman–Crippen MR) is 108 cm³/mol. The van der Waals surface area contributed by atoms with E-state index in [1.807, 2.05) is 0 Å². The van der Waals surface area contributed by atoms with Crippen LogP contribution in [0.3, 0.4) is 0 Å². The molecule has 2 heterocycles. The third kappa shape index (κ3) is 2.32. The van der Waals surface area contributed by atoms with E-state index in [1.54, 1.807) is 0 Å². The minimum absolute atomic E-state index is 0.0260. The normalized spacial score (nSPS) is 56.1. The van der Waals surface area contributed by atoms with Gasteiger partial charge in [0.05, 0.1) is 0 Å². The van der Waals surface area contributed by atoms with Crippen molar-refractivity contribution in [1.29, 1.82) is 0 Å². The molecule has 29 heavy (non-hydrogen) atoms. The number of esters is 2. The lowest BCUT2D eigenvalue weighted by Crippen LogP contribution is -2.58. The first kappa shape index (κ1) is 18.7. The molecule has 4 heteroatoms. The van der Waals surface area contributed by atoms with Crippen LogP contribution in [0, 0.1) is 34.5 Å². The first-order valence-electron chi connectivity index (χ1n) is 12.2. The van der Waals surface area contributed by atoms with E-state index in [0.717, 1.165) is 43.9 Å². The Hall–Kier alpha value is -1.06. The number of carbonyl (C=O) groups is 2. The molecule has 0 bridgehead atoms. The Morgan fingerprint density at radius 2 is 1.52 bits per heavy atom. The summed E-state index contributed by atoms with van der Waals surface area (Å²) in [5.41, 5.74) is 0.284. The summed E-state index contributed by atoms with van der Waals surface area (Å²) in [6, 6.07) is 0. The Bertz CT molecular complexity index is 762. The molecule has 0 radical (unpaired) electrons. The molecule has 2 spiro atoms. The second kappa shape index (κ2) is 5.79. The summed E-state index contributed by atoms with van der Waals surface area (Å²) in [6.45, 7) is 5.03. The Morgan fingerprint density at radius 3 is 2.24 bits per heavy atom. The van der Waals surface area contributed by atoms with Gasteiger partial charge in [-0.2, -0.15) is 0 Å². The summed E-state index contributed by atoms with van der Waals surface area (Å²) >= 11 is 0. The second-order valence-corrected chi connectivity index (χ2v) is 12.0. The largest absolute Gasteiger partial charge is 0.459 e. The van der Waals surface area contributed by atoms with Crippen LogP contribution in [0.5, 0.6) is 0 Å². The molecule has 8 atom stereocenters. The van der Waals surface area contributed by atoms with E-state index in [-0.39, 0.29) is 28.6 Å². The predicted octanol–water partition coefficient (Wildman–Crippen LogP) is 5.18. The van der Waals surface area contributed by atoms with Gasteiger partial charge in [-0.05, 0) is 99.7 Å². The molecule has 0 aromatic heterocycles. The molecular weight excluding hydrogens is 364 g/mol. The standard InChI is InChI=1S/C25H36O4/c1-22-13-14-24(10-7-20(26)28-24)15-16(22)3-4-17-18(22)5-9-23(2)19(17)6-11-25(23)12-8-21(27)29-25/h16-19H,3-15H2,1-2H3/t16?,17-,18+,19+,22+,23+,24+,25-/m1/s1. The molecule has 0 amide bonds. The van der Waals surface area contributed by atoms with Crippen LogP contribution in [0.1, 0.15) is 97.3 Å². The fourth-order valence-corrected chi connectivity index (χ4v) is 9.60. The first-order chi connectivity index (χ1) is 13.8. The van der Waals surface area contributed by atoms with Crippen molar-refractivity contribution in [2.75, 3.05) is 0 Å². The zero-order chi connectivity index (χ0) is 20.1. The quantitative estimate of drug-likeness (QED) is 0.526. The van der Waals surface area contributed by atoms with Gasteiger partial charge in [-0.3, -0.25) is 9.59 Å². The van der Waals surface area contributed by atoms with Crippen molar-refractivity contribution >= 4 is 11.9 Å². The van der Waals surface area contributed by atoms with E-state index >= 15 is 0 Å². The molecule has 2 saturated heterocycles. The van der Waals surface area contributed by atoms with Crippen molar-refractivity contribution in [3.05, 3.63) is 0 Å². The highest BCUT2D eigenvalue weighted by atomic mass is 16.6. The molecular formula is C25H36O4. The lowest BCUT2D eigenvalue weighted by atomic mass is 9.43. The Kier molecular flexibility index (Phi) is 3.73. The molecule has 6 aliphatic rings. The van der Waals surface area contributed by atoms with Crippen LogP contribution in [-0.4, -0.2) is 23.1 Å². The topological polar surface area (TPSA) is 52.6 Å². The maximum atomic E-state index is 12.0. The average molecular weight is 401 g/mol. The second-order valence-electron chi connectivity index (χ2n) is 12.0. The number of rotatable bonds is 0. The summed E-state index contributed by atoms with van der Waals surface area (Å²) < 4.78 is 12.0. The Balaban J connectivity index is 1.26. The summed E-state index contributed by atoms with van der Waals surface area (Å²) in [4.78, 5) is 23.9. The number of hydrogen-bond donors (Lipinski definition) is 0.